The molecule has 1 aliphatic heterocycles. The number of fused-ring (bicyclic) bond motifs is 2. The zero-order chi connectivity index (χ0) is 18.3. The van der Waals surface area contributed by atoms with Gasteiger partial charge in [0, 0.05) is 28.4 Å². The molecule has 2 aromatic carbocycles. The molecule has 26 heavy (non-hydrogen) atoms. The fourth-order valence-electron chi connectivity index (χ4n) is 3.44. The van der Waals surface area contributed by atoms with Crippen LogP contribution in [-0.4, -0.2) is 21.8 Å². The molecule has 0 fully saturated rings. The highest BCUT2D eigenvalue weighted by atomic mass is 35.5. The molecule has 6 heteroatoms. The Kier molecular flexibility index (Phi) is 4.67. The van der Waals surface area contributed by atoms with Crippen molar-refractivity contribution < 1.29 is 0 Å². The van der Waals surface area contributed by atoms with Crippen LogP contribution < -0.4 is 10.5 Å². The molecule has 0 aliphatic carbocycles. The van der Waals surface area contributed by atoms with Gasteiger partial charge < -0.3 is 9.88 Å². The SMILES string of the molecule is CC(C)Sc1nc2c(c(=O)[nH]1)CCN(c1cccc3cccc(Cl)c13)C2. The highest BCUT2D eigenvalue weighted by Gasteiger charge is 2.23. The number of hydrogen-bond donors (Lipinski definition) is 1. The van der Waals surface area contributed by atoms with Crippen molar-refractivity contribution in [2.75, 3.05) is 11.4 Å². The summed E-state index contributed by atoms with van der Waals surface area (Å²) >= 11 is 8.07. The average molecular weight is 386 g/mol. The number of rotatable bonds is 3. The molecule has 1 aromatic heterocycles. The minimum absolute atomic E-state index is 0.00579. The number of hydrogen-bond acceptors (Lipinski definition) is 4. The van der Waals surface area contributed by atoms with Crippen molar-refractivity contribution in [2.45, 2.75) is 37.2 Å². The molecule has 0 atom stereocenters. The number of halogens is 1. The van der Waals surface area contributed by atoms with Gasteiger partial charge in [0.05, 0.1) is 17.3 Å². The number of aromatic amines is 1. The van der Waals surface area contributed by atoms with Gasteiger partial charge in [-0.05, 0) is 23.9 Å². The van der Waals surface area contributed by atoms with Crippen molar-refractivity contribution in [1.29, 1.82) is 0 Å². The molecule has 0 bridgehead atoms. The van der Waals surface area contributed by atoms with E-state index in [9.17, 15) is 4.79 Å². The summed E-state index contributed by atoms with van der Waals surface area (Å²) in [7, 11) is 0. The number of thioether (sulfide) groups is 1. The minimum Gasteiger partial charge on any atom is -0.365 e. The first-order valence-corrected chi connectivity index (χ1v) is 9.99. The molecule has 0 amide bonds. The van der Waals surface area contributed by atoms with Gasteiger partial charge in [-0.2, -0.15) is 0 Å². The van der Waals surface area contributed by atoms with E-state index in [2.05, 4.69) is 48.0 Å². The van der Waals surface area contributed by atoms with Crippen LogP contribution in [0, 0.1) is 0 Å². The van der Waals surface area contributed by atoms with Crippen molar-refractivity contribution in [3.05, 3.63) is 63.0 Å². The molecule has 1 aliphatic rings. The molecule has 0 saturated carbocycles. The molecule has 2 heterocycles. The van der Waals surface area contributed by atoms with Gasteiger partial charge in [-0.1, -0.05) is 61.5 Å². The van der Waals surface area contributed by atoms with E-state index in [1.54, 1.807) is 11.8 Å². The second-order valence-electron chi connectivity index (χ2n) is 6.75. The highest BCUT2D eigenvalue weighted by Crippen LogP contribution is 2.34. The maximum Gasteiger partial charge on any atom is 0.255 e. The van der Waals surface area contributed by atoms with Gasteiger partial charge >= 0.3 is 0 Å². The molecule has 1 N–H and O–H groups in total. The van der Waals surface area contributed by atoms with Gasteiger partial charge in [0.1, 0.15) is 0 Å². The highest BCUT2D eigenvalue weighted by molar-refractivity contribution is 7.99. The summed E-state index contributed by atoms with van der Waals surface area (Å²) in [6.07, 6.45) is 0.686. The maximum absolute atomic E-state index is 12.4. The summed E-state index contributed by atoms with van der Waals surface area (Å²) < 4.78 is 0. The first-order valence-electron chi connectivity index (χ1n) is 8.74. The summed E-state index contributed by atoms with van der Waals surface area (Å²) in [5, 5.41) is 3.99. The standard InChI is InChI=1S/C20H20ClN3OS/c1-12(2)26-20-22-16-11-24(10-9-14(16)19(25)23-20)17-8-4-6-13-5-3-7-15(21)18(13)17/h3-8,12H,9-11H2,1-2H3,(H,22,23,25). The van der Waals surface area contributed by atoms with Crippen LogP contribution in [-0.2, 0) is 13.0 Å². The first kappa shape index (κ1) is 17.4. The first-order chi connectivity index (χ1) is 12.5. The molecule has 0 radical (unpaired) electrons. The lowest BCUT2D eigenvalue weighted by molar-refractivity contribution is 0.679. The van der Waals surface area contributed by atoms with Crippen LogP contribution in [0.25, 0.3) is 10.8 Å². The monoisotopic (exact) mass is 385 g/mol. The van der Waals surface area contributed by atoms with Crippen LogP contribution in [0.4, 0.5) is 5.69 Å². The predicted octanol–water partition coefficient (Wildman–Crippen LogP) is 4.64. The Labute approximate surface area is 161 Å². The molecule has 4 rings (SSSR count). The Morgan fingerprint density at radius 1 is 1.23 bits per heavy atom. The number of anilines is 1. The second-order valence-corrected chi connectivity index (χ2v) is 8.72. The summed E-state index contributed by atoms with van der Waals surface area (Å²) in [5.41, 5.74) is 2.76. The Bertz CT molecular complexity index is 1030. The van der Waals surface area contributed by atoms with E-state index in [-0.39, 0.29) is 5.56 Å². The van der Waals surface area contributed by atoms with Crippen molar-refractivity contribution >= 4 is 39.8 Å². The third-order valence-electron chi connectivity index (χ3n) is 4.57. The third kappa shape index (κ3) is 3.21. The van der Waals surface area contributed by atoms with E-state index in [0.29, 0.717) is 23.4 Å². The van der Waals surface area contributed by atoms with Crippen molar-refractivity contribution in [1.82, 2.24) is 9.97 Å². The van der Waals surface area contributed by atoms with Crippen LogP contribution in [0.5, 0.6) is 0 Å². The Morgan fingerprint density at radius 2 is 2.00 bits per heavy atom. The van der Waals surface area contributed by atoms with E-state index < -0.39 is 0 Å². The number of aromatic nitrogens is 2. The van der Waals surface area contributed by atoms with Gasteiger partial charge in [-0.3, -0.25) is 4.79 Å². The summed E-state index contributed by atoms with van der Waals surface area (Å²) in [5.74, 6) is 0. The molecule has 0 unspecified atom stereocenters. The lowest BCUT2D eigenvalue weighted by Crippen LogP contribution is -2.35. The number of nitrogens with zero attached hydrogens (tertiary/aromatic N) is 2. The molecule has 3 aromatic rings. The van der Waals surface area contributed by atoms with Gasteiger partial charge in [0.2, 0.25) is 0 Å². The minimum atomic E-state index is -0.00579. The van der Waals surface area contributed by atoms with Gasteiger partial charge in [0.15, 0.2) is 5.16 Å². The van der Waals surface area contributed by atoms with Gasteiger partial charge in [0.25, 0.3) is 5.56 Å². The van der Waals surface area contributed by atoms with Crippen molar-refractivity contribution in [3.63, 3.8) is 0 Å². The number of H-pyrrole nitrogens is 1. The van der Waals surface area contributed by atoms with E-state index in [4.69, 9.17) is 16.6 Å². The lowest BCUT2D eigenvalue weighted by atomic mass is 10.0. The quantitative estimate of drug-likeness (QED) is 0.527. The van der Waals surface area contributed by atoms with Crippen LogP contribution >= 0.6 is 23.4 Å². The fourth-order valence-corrected chi connectivity index (χ4v) is 4.48. The summed E-state index contributed by atoms with van der Waals surface area (Å²) in [4.78, 5) is 22.3. The zero-order valence-electron chi connectivity index (χ0n) is 14.8. The van der Waals surface area contributed by atoms with Gasteiger partial charge in [-0.25, -0.2) is 4.98 Å². The van der Waals surface area contributed by atoms with Crippen molar-refractivity contribution in [2.24, 2.45) is 0 Å². The molecule has 134 valence electrons. The second kappa shape index (κ2) is 6.97. The van der Waals surface area contributed by atoms with Crippen LogP contribution in [0.3, 0.4) is 0 Å². The van der Waals surface area contributed by atoms with E-state index in [1.807, 2.05) is 12.1 Å². The Morgan fingerprint density at radius 3 is 2.77 bits per heavy atom. The normalized spacial score (nSPS) is 14.1. The molecular weight excluding hydrogens is 366 g/mol. The third-order valence-corrected chi connectivity index (χ3v) is 5.77. The van der Waals surface area contributed by atoms with Crippen LogP contribution in [0.1, 0.15) is 25.1 Å². The van der Waals surface area contributed by atoms with Gasteiger partial charge in [-0.15, -0.1) is 0 Å². The smallest absolute Gasteiger partial charge is 0.255 e. The molecule has 0 spiro atoms. The summed E-state index contributed by atoms with van der Waals surface area (Å²) in [6, 6.07) is 12.2. The topological polar surface area (TPSA) is 49.0 Å². The zero-order valence-corrected chi connectivity index (χ0v) is 16.3. The van der Waals surface area contributed by atoms with Crippen LogP contribution in [0.15, 0.2) is 46.3 Å². The number of benzene rings is 2. The van der Waals surface area contributed by atoms with E-state index >= 15 is 0 Å². The predicted molar refractivity (Wildman–Crippen MR) is 110 cm³/mol. The van der Waals surface area contributed by atoms with E-state index in [1.165, 1.54) is 0 Å². The van der Waals surface area contributed by atoms with Crippen LogP contribution in [0.2, 0.25) is 5.02 Å². The fraction of sp³-hybridized carbons (Fsp3) is 0.300. The lowest BCUT2D eigenvalue weighted by Gasteiger charge is -2.31. The maximum atomic E-state index is 12.4. The largest absolute Gasteiger partial charge is 0.365 e. The molecule has 4 nitrogen and oxygen atoms in total. The molecule has 0 saturated heterocycles. The number of nitrogens with one attached hydrogen (secondary N) is 1. The Balaban J connectivity index is 1.75. The van der Waals surface area contributed by atoms with Crippen molar-refractivity contribution in [3.8, 4) is 0 Å². The Hall–Kier alpha value is -1.98. The molecular formula is C20H20ClN3OS. The van der Waals surface area contributed by atoms with E-state index in [0.717, 1.165) is 39.3 Å². The average Bonchev–Trinajstić information content (AvgIpc) is 2.60. The summed E-state index contributed by atoms with van der Waals surface area (Å²) in [6.45, 7) is 5.58.